The molecule has 0 aromatic heterocycles. The monoisotopic (exact) mass is 210 g/mol. The molecule has 2 heteroatoms. The third kappa shape index (κ3) is 8.13. The number of allylic oxidation sites excluding steroid dienone is 2. The number of carbonyl (C=O) groups is 1. The lowest BCUT2D eigenvalue weighted by Crippen LogP contribution is -2.06. The van der Waals surface area contributed by atoms with Gasteiger partial charge in [0.2, 0.25) is 0 Å². The molecule has 0 amide bonds. The summed E-state index contributed by atoms with van der Waals surface area (Å²) in [5, 5.41) is 9.51. The first-order valence-corrected chi connectivity index (χ1v) is 5.42. The van der Waals surface area contributed by atoms with Gasteiger partial charge in [-0.2, -0.15) is 0 Å². The Kier molecular flexibility index (Phi) is 6.97. The van der Waals surface area contributed by atoms with Crippen molar-refractivity contribution < 1.29 is 9.90 Å². The summed E-state index contributed by atoms with van der Waals surface area (Å²) in [6.45, 7) is 9.18. The minimum Gasteiger partial charge on any atom is -0.389 e. The molecule has 1 N–H and O–H groups in total. The summed E-state index contributed by atoms with van der Waals surface area (Å²) in [6, 6.07) is 0. The van der Waals surface area contributed by atoms with Crippen molar-refractivity contribution in [3.63, 3.8) is 0 Å². The van der Waals surface area contributed by atoms with E-state index in [4.69, 9.17) is 0 Å². The van der Waals surface area contributed by atoms with E-state index in [0.29, 0.717) is 6.42 Å². The van der Waals surface area contributed by atoms with Crippen molar-refractivity contribution in [1.29, 1.82) is 0 Å². The first-order chi connectivity index (χ1) is 6.93. The fourth-order valence-corrected chi connectivity index (χ4v) is 1.23. The van der Waals surface area contributed by atoms with Crippen LogP contribution >= 0.6 is 0 Å². The summed E-state index contributed by atoms with van der Waals surface area (Å²) >= 11 is 0. The minimum atomic E-state index is -0.402. The van der Waals surface area contributed by atoms with Gasteiger partial charge in [-0.25, -0.2) is 0 Å². The molecule has 0 saturated carbocycles. The maximum atomic E-state index is 10.7. The van der Waals surface area contributed by atoms with Crippen LogP contribution in [-0.4, -0.2) is 17.0 Å². The molecule has 0 radical (unpaired) electrons. The highest BCUT2D eigenvalue weighted by Crippen LogP contribution is 2.12. The Labute approximate surface area is 92.7 Å². The van der Waals surface area contributed by atoms with Crippen LogP contribution in [0.1, 0.15) is 46.5 Å². The Bertz CT molecular complexity index is 251. The molecule has 0 rings (SSSR count). The van der Waals surface area contributed by atoms with E-state index < -0.39 is 6.10 Å². The van der Waals surface area contributed by atoms with Gasteiger partial charge < -0.3 is 9.90 Å². The number of hydrogen-bond donors (Lipinski definition) is 1. The van der Waals surface area contributed by atoms with Gasteiger partial charge in [-0.3, -0.25) is 0 Å². The number of ketones is 1. The van der Waals surface area contributed by atoms with Crippen LogP contribution in [0.5, 0.6) is 0 Å². The van der Waals surface area contributed by atoms with Gasteiger partial charge in [0.15, 0.2) is 0 Å². The lowest BCUT2D eigenvalue weighted by Gasteiger charge is -2.09. The molecule has 0 fully saturated rings. The van der Waals surface area contributed by atoms with Gasteiger partial charge in [0.25, 0.3) is 0 Å². The molecule has 0 spiro atoms. The highest BCUT2D eigenvalue weighted by molar-refractivity contribution is 5.75. The average molecular weight is 210 g/mol. The summed E-state index contributed by atoms with van der Waals surface area (Å²) in [4.78, 5) is 10.7. The highest BCUT2D eigenvalue weighted by atomic mass is 16.3. The van der Waals surface area contributed by atoms with Crippen molar-refractivity contribution in [3.05, 3.63) is 23.8 Å². The molecule has 0 bridgehead atoms. The Morgan fingerprint density at radius 3 is 2.40 bits per heavy atom. The van der Waals surface area contributed by atoms with Crippen LogP contribution < -0.4 is 0 Å². The minimum absolute atomic E-state index is 0.223. The molecule has 1 atom stereocenters. The largest absolute Gasteiger partial charge is 0.389 e. The van der Waals surface area contributed by atoms with Crippen molar-refractivity contribution in [2.45, 2.75) is 52.6 Å². The zero-order chi connectivity index (χ0) is 11.8. The fraction of sp³-hybridized carbons (Fsp3) is 0.615. The second kappa shape index (κ2) is 7.41. The van der Waals surface area contributed by atoms with Crippen LogP contribution in [0.3, 0.4) is 0 Å². The van der Waals surface area contributed by atoms with Crippen molar-refractivity contribution >= 4 is 5.78 Å². The molecule has 0 aliphatic heterocycles. The number of rotatable bonds is 7. The second-order valence-corrected chi connectivity index (χ2v) is 4.19. The Hall–Kier alpha value is -0.890. The highest BCUT2D eigenvalue weighted by Gasteiger charge is 2.03. The van der Waals surface area contributed by atoms with Gasteiger partial charge in [-0.15, -0.1) is 0 Å². The summed E-state index contributed by atoms with van der Waals surface area (Å²) < 4.78 is 0. The Morgan fingerprint density at radius 1 is 1.33 bits per heavy atom. The van der Waals surface area contributed by atoms with Crippen LogP contribution in [0, 0.1) is 0 Å². The van der Waals surface area contributed by atoms with Gasteiger partial charge in [-0.05, 0) is 40.0 Å². The maximum Gasteiger partial charge on any atom is 0.130 e. The molecule has 0 aromatic carbocycles. The average Bonchev–Trinajstić information content (AvgIpc) is 2.13. The van der Waals surface area contributed by atoms with E-state index in [-0.39, 0.29) is 5.78 Å². The first-order valence-electron chi connectivity index (χ1n) is 5.42. The predicted molar refractivity (Wildman–Crippen MR) is 63.7 cm³/mol. The first kappa shape index (κ1) is 14.1. The number of hydrogen-bond acceptors (Lipinski definition) is 2. The quantitative estimate of drug-likeness (QED) is 0.656. The summed E-state index contributed by atoms with van der Waals surface area (Å²) in [5.41, 5.74) is 2.04. The number of Topliss-reactive ketones (excluding diaryl/α,β-unsaturated/α-hetero) is 1. The maximum absolute atomic E-state index is 10.7. The fourth-order valence-electron chi connectivity index (χ4n) is 1.23. The molecular formula is C13H22O2. The number of carbonyl (C=O) groups excluding carboxylic acids is 1. The van der Waals surface area contributed by atoms with Crippen LogP contribution in [0.2, 0.25) is 0 Å². The van der Waals surface area contributed by atoms with Gasteiger partial charge in [0, 0.05) is 6.42 Å². The third-order valence-corrected chi connectivity index (χ3v) is 2.37. The van der Waals surface area contributed by atoms with Crippen LogP contribution in [0.15, 0.2) is 23.8 Å². The van der Waals surface area contributed by atoms with E-state index in [2.05, 4.69) is 12.7 Å². The SMILES string of the molecule is C=C(C)[C@@H](O)CC/C(C)=C/CCC(C)=O. The standard InChI is InChI=1S/C13H22O2/c1-10(2)13(15)9-8-11(3)6-5-7-12(4)14/h6,13,15H,1,5,7-9H2,2-4H3/b11-6+/t13-/m0/s1. The van der Waals surface area contributed by atoms with Crippen LogP contribution in [0.25, 0.3) is 0 Å². The lowest BCUT2D eigenvalue weighted by atomic mass is 10.0. The lowest BCUT2D eigenvalue weighted by molar-refractivity contribution is -0.116. The summed E-state index contributed by atoms with van der Waals surface area (Å²) in [7, 11) is 0. The summed E-state index contributed by atoms with van der Waals surface area (Å²) in [5.74, 6) is 0.223. The van der Waals surface area contributed by atoms with E-state index in [1.165, 1.54) is 5.57 Å². The molecule has 86 valence electrons. The molecule has 2 nitrogen and oxygen atoms in total. The van der Waals surface area contributed by atoms with Crippen molar-refractivity contribution in [1.82, 2.24) is 0 Å². The third-order valence-electron chi connectivity index (χ3n) is 2.37. The van der Waals surface area contributed by atoms with Crippen LogP contribution in [-0.2, 0) is 4.79 Å². The molecule has 0 aliphatic carbocycles. The predicted octanol–water partition coefficient (Wildman–Crippen LogP) is 3.02. The van der Waals surface area contributed by atoms with E-state index in [0.717, 1.165) is 24.8 Å². The molecule has 0 unspecified atom stereocenters. The van der Waals surface area contributed by atoms with Gasteiger partial charge in [0.1, 0.15) is 5.78 Å². The normalized spacial score (nSPS) is 13.7. The van der Waals surface area contributed by atoms with Crippen molar-refractivity contribution in [2.75, 3.05) is 0 Å². The molecule has 0 saturated heterocycles. The molecule has 0 heterocycles. The van der Waals surface area contributed by atoms with Crippen molar-refractivity contribution in [3.8, 4) is 0 Å². The van der Waals surface area contributed by atoms with E-state index in [1.54, 1.807) is 6.92 Å². The van der Waals surface area contributed by atoms with E-state index in [9.17, 15) is 9.90 Å². The summed E-state index contributed by atoms with van der Waals surface area (Å²) in [6.07, 6.45) is 4.68. The smallest absolute Gasteiger partial charge is 0.130 e. The van der Waals surface area contributed by atoms with Gasteiger partial charge in [0.05, 0.1) is 6.10 Å². The molecular weight excluding hydrogens is 188 g/mol. The molecule has 0 aliphatic rings. The topological polar surface area (TPSA) is 37.3 Å². The van der Waals surface area contributed by atoms with E-state index >= 15 is 0 Å². The Morgan fingerprint density at radius 2 is 1.93 bits per heavy atom. The van der Waals surface area contributed by atoms with Gasteiger partial charge >= 0.3 is 0 Å². The zero-order valence-corrected chi connectivity index (χ0v) is 10.0. The molecule has 15 heavy (non-hydrogen) atoms. The number of aliphatic hydroxyl groups excluding tert-OH is 1. The number of aliphatic hydroxyl groups is 1. The second-order valence-electron chi connectivity index (χ2n) is 4.19. The van der Waals surface area contributed by atoms with E-state index in [1.807, 2.05) is 13.8 Å². The zero-order valence-electron chi connectivity index (χ0n) is 10.0. The van der Waals surface area contributed by atoms with Gasteiger partial charge in [-0.1, -0.05) is 23.8 Å². The van der Waals surface area contributed by atoms with Crippen LogP contribution in [0.4, 0.5) is 0 Å². The van der Waals surface area contributed by atoms with Crippen molar-refractivity contribution in [2.24, 2.45) is 0 Å². The Balaban J connectivity index is 3.77. The molecule has 0 aromatic rings.